The molecule has 3 heterocycles. The van der Waals surface area contributed by atoms with Gasteiger partial charge in [-0.15, -0.1) is 0 Å². The fourth-order valence-corrected chi connectivity index (χ4v) is 1.96. The average molecular weight is 277 g/mol. The summed E-state index contributed by atoms with van der Waals surface area (Å²) >= 11 is 0. The van der Waals surface area contributed by atoms with Crippen LogP contribution in [0.25, 0.3) is 11.5 Å². The molecule has 1 saturated heterocycles. The van der Waals surface area contributed by atoms with Gasteiger partial charge in [0.2, 0.25) is 17.6 Å². The third-order valence-corrected chi connectivity index (χ3v) is 2.96. The smallest absolute Gasteiger partial charge is 0.229 e. The Bertz CT molecular complexity index is 568. The average Bonchev–Trinajstić information content (AvgIpc) is 2.97. The van der Waals surface area contributed by atoms with Crippen LogP contribution in [-0.2, 0) is 11.2 Å². The quantitative estimate of drug-likeness (QED) is 0.838. The summed E-state index contributed by atoms with van der Waals surface area (Å²) in [5, 5.41) is 7.18. The molecule has 0 spiro atoms. The maximum atomic E-state index is 5.60. The van der Waals surface area contributed by atoms with Crippen molar-refractivity contribution in [2.45, 2.75) is 12.5 Å². The fraction of sp³-hybridized carbons (Fsp3) is 0.500. The van der Waals surface area contributed by atoms with Crippen LogP contribution in [0.1, 0.15) is 5.89 Å². The van der Waals surface area contributed by atoms with Crippen LogP contribution in [0.4, 0.5) is 0 Å². The van der Waals surface area contributed by atoms with E-state index < -0.39 is 0 Å². The second-order valence-corrected chi connectivity index (χ2v) is 4.36. The molecule has 0 amide bonds. The molecule has 1 atom stereocenters. The number of nitrogens with zero attached hydrogens (tertiary/aromatic N) is 4. The lowest BCUT2D eigenvalue weighted by molar-refractivity contribution is 0.0246. The van der Waals surface area contributed by atoms with Crippen LogP contribution in [0.3, 0.4) is 0 Å². The van der Waals surface area contributed by atoms with Crippen molar-refractivity contribution in [2.75, 3.05) is 26.8 Å². The van der Waals surface area contributed by atoms with Crippen LogP contribution < -0.4 is 10.1 Å². The van der Waals surface area contributed by atoms with Gasteiger partial charge >= 0.3 is 0 Å². The Morgan fingerprint density at radius 2 is 2.40 bits per heavy atom. The molecule has 1 aliphatic rings. The molecule has 2 aromatic heterocycles. The molecule has 8 nitrogen and oxygen atoms in total. The largest absolute Gasteiger partial charge is 0.481 e. The number of methoxy groups -OCH3 is 1. The lowest BCUT2D eigenvalue weighted by Crippen LogP contribution is -2.39. The number of hydrogen-bond donors (Lipinski definition) is 1. The summed E-state index contributed by atoms with van der Waals surface area (Å²) in [5.74, 6) is 1.41. The number of ether oxygens (including phenoxy) is 2. The molecule has 0 bridgehead atoms. The molecule has 2 aromatic rings. The van der Waals surface area contributed by atoms with E-state index in [-0.39, 0.29) is 6.10 Å². The first-order valence-electron chi connectivity index (χ1n) is 6.36. The topological polar surface area (TPSA) is 95.2 Å². The van der Waals surface area contributed by atoms with Crippen LogP contribution in [0.15, 0.2) is 16.9 Å². The van der Waals surface area contributed by atoms with Crippen LogP contribution in [0.2, 0.25) is 0 Å². The molecule has 20 heavy (non-hydrogen) atoms. The number of hydrogen-bond acceptors (Lipinski definition) is 8. The van der Waals surface area contributed by atoms with Crippen molar-refractivity contribution in [3.05, 3.63) is 18.3 Å². The number of nitrogens with one attached hydrogen (secondary N) is 1. The third-order valence-electron chi connectivity index (χ3n) is 2.96. The summed E-state index contributed by atoms with van der Waals surface area (Å²) in [7, 11) is 1.54. The van der Waals surface area contributed by atoms with Crippen molar-refractivity contribution < 1.29 is 14.0 Å². The fourth-order valence-electron chi connectivity index (χ4n) is 1.96. The van der Waals surface area contributed by atoms with E-state index in [9.17, 15) is 0 Å². The van der Waals surface area contributed by atoms with E-state index in [4.69, 9.17) is 14.0 Å². The van der Waals surface area contributed by atoms with Crippen molar-refractivity contribution in [3.63, 3.8) is 0 Å². The monoisotopic (exact) mass is 277 g/mol. The summed E-state index contributed by atoms with van der Waals surface area (Å²) in [6.45, 7) is 2.38. The van der Waals surface area contributed by atoms with Gasteiger partial charge in [-0.3, -0.25) is 0 Å². The number of aromatic nitrogens is 4. The maximum absolute atomic E-state index is 5.60. The molecule has 1 unspecified atom stereocenters. The highest BCUT2D eigenvalue weighted by molar-refractivity contribution is 5.49. The first-order chi connectivity index (χ1) is 9.85. The lowest BCUT2D eigenvalue weighted by atomic mass is 10.2. The molecule has 1 aliphatic heterocycles. The highest BCUT2D eigenvalue weighted by Gasteiger charge is 2.18. The highest BCUT2D eigenvalue weighted by Crippen LogP contribution is 2.17. The second kappa shape index (κ2) is 5.93. The third kappa shape index (κ3) is 2.91. The minimum absolute atomic E-state index is 0.0667. The Labute approximate surface area is 115 Å². The van der Waals surface area contributed by atoms with Crippen molar-refractivity contribution in [1.82, 2.24) is 25.4 Å². The van der Waals surface area contributed by atoms with E-state index in [1.165, 1.54) is 6.33 Å². The molecular weight excluding hydrogens is 262 g/mol. The summed E-state index contributed by atoms with van der Waals surface area (Å²) < 4.78 is 15.9. The summed E-state index contributed by atoms with van der Waals surface area (Å²) in [5.41, 5.74) is 0.564. The Morgan fingerprint density at radius 3 is 3.20 bits per heavy atom. The molecule has 0 aliphatic carbocycles. The van der Waals surface area contributed by atoms with E-state index in [1.54, 1.807) is 13.2 Å². The first-order valence-corrected chi connectivity index (χ1v) is 6.36. The minimum atomic E-state index is 0.0667. The van der Waals surface area contributed by atoms with E-state index >= 15 is 0 Å². The van der Waals surface area contributed by atoms with Crippen molar-refractivity contribution in [1.29, 1.82) is 0 Å². The van der Waals surface area contributed by atoms with Crippen molar-refractivity contribution in [2.24, 2.45) is 0 Å². The van der Waals surface area contributed by atoms with E-state index in [0.717, 1.165) is 13.1 Å². The van der Waals surface area contributed by atoms with E-state index in [1.807, 2.05) is 0 Å². The molecule has 1 fully saturated rings. The van der Waals surface area contributed by atoms with Gasteiger partial charge in [0, 0.05) is 19.2 Å². The Hall–Kier alpha value is -2.06. The van der Waals surface area contributed by atoms with Crippen LogP contribution in [0.5, 0.6) is 5.88 Å². The zero-order valence-electron chi connectivity index (χ0n) is 11.1. The molecule has 3 rings (SSSR count). The minimum Gasteiger partial charge on any atom is -0.481 e. The zero-order chi connectivity index (χ0) is 13.8. The summed E-state index contributed by atoms with van der Waals surface area (Å²) in [6, 6.07) is 1.66. The summed E-state index contributed by atoms with van der Waals surface area (Å²) in [6.07, 6.45) is 2.05. The van der Waals surface area contributed by atoms with E-state index in [0.29, 0.717) is 36.3 Å². The predicted molar refractivity (Wildman–Crippen MR) is 68.2 cm³/mol. The Morgan fingerprint density at radius 1 is 1.45 bits per heavy atom. The van der Waals surface area contributed by atoms with Crippen molar-refractivity contribution in [3.8, 4) is 17.4 Å². The van der Waals surface area contributed by atoms with Crippen LogP contribution in [0, 0.1) is 0 Å². The van der Waals surface area contributed by atoms with Gasteiger partial charge in [0.05, 0.1) is 26.2 Å². The predicted octanol–water partition coefficient (Wildman–Crippen LogP) is 0.0661. The van der Waals surface area contributed by atoms with Gasteiger partial charge in [-0.1, -0.05) is 5.16 Å². The van der Waals surface area contributed by atoms with Gasteiger partial charge < -0.3 is 19.3 Å². The molecular formula is C12H15N5O3. The number of rotatable bonds is 4. The normalized spacial score (nSPS) is 18.9. The van der Waals surface area contributed by atoms with Gasteiger partial charge in [0.1, 0.15) is 12.0 Å². The van der Waals surface area contributed by atoms with Gasteiger partial charge in [0.15, 0.2) is 0 Å². The van der Waals surface area contributed by atoms with Crippen LogP contribution >= 0.6 is 0 Å². The highest BCUT2D eigenvalue weighted by atomic mass is 16.5. The lowest BCUT2D eigenvalue weighted by Gasteiger charge is -2.21. The number of morpholine rings is 1. The van der Waals surface area contributed by atoms with Crippen LogP contribution in [-0.4, -0.2) is 53.0 Å². The maximum Gasteiger partial charge on any atom is 0.229 e. The standard InChI is InChI=1S/C12H15N5O3/c1-18-10-5-9(14-7-15-10)12-16-11(20-17-12)4-8-6-13-2-3-19-8/h5,7-8,13H,2-4,6H2,1H3. The Kier molecular flexibility index (Phi) is 3.84. The Balaban J connectivity index is 1.72. The zero-order valence-corrected chi connectivity index (χ0v) is 11.1. The van der Waals surface area contributed by atoms with Gasteiger partial charge in [0.25, 0.3) is 0 Å². The summed E-state index contributed by atoms with van der Waals surface area (Å²) in [4.78, 5) is 12.4. The molecule has 0 aromatic carbocycles. The van der Waals surface area contributed by atoms with Gasteiger partial charge in [-0.25, -0.2) is 9.97 Å². The first kappa shape index (κ1) is 12.9. The molecule has 8 heteroatoms. The molecule has 0 saturated carbocycles. The van der Waals surface area contributed by atoms with Gasteiger partial charge in [-0.05, 0) is 0 Å². The molecule has 1 N–H and O–H groups in total. The molecule has 106 valence electrons. The SMILES string of the molecule is COc1cc(-c2noc(CC3CNCCO3)n2)ncn1. The van der Waals surface area contributed by atoms with E-state index in [2.05, 4.69) is 25.4 Å². The van der Waals surface area contributed by atoms with Crippen molar-refractivity contribution >= 4 is 0 Å². The van der Waals surface area contributed by atoms with Gasteiger partial charge in [-0.2, -0.15) is 4.98 Å². The second-order valence-electron chi connectivity index (χ2n) is 4.36. The molecule has 0 radical (unpaired) electrons.